The van der Waals surface area contributed by atoms with Gasteiger partial charge in [0.2, 0.25) is 0 Å². The summed E-state index contributed by atoms with van der Waals surface area (Å²) in [5.74, 6) is 0.674. The Bertz CT molecular complexity index is 690. The van der Waals surface area contributed by atoms with Gasteiger partial charge in [-0.05, 0) is 19.9 Å². The lowest BCUT2D eigenvalue weighted by Crippen LogP contribution is -2.22. The molecule has 3 heterocycles. The fourth-order valence-corrected chi connectivity index (χ4v) is 2.72. The molecule has 0 fully saturated rings. The smallest absolute Gasteiger partial charge is 0.261 e. The highest BCUT2D eigenvalue weighted by Crippen LogP contribution is 2.22. The van der Waals surface area contributed by atoms with Crippen molar-refractivity contribution >= 4 is 27.5 Å². The molecule has 3 aromatic heterocycles. The van der Waals surface area contributed by atoms with Gasteiger partial charge in [-0.1, -0.05) is 0 Å². The van der Waals surface area contributed by atoms with Crippen molar-refractivity contribution in [1.82, 2.24) is 25.5 Å². The van der Waals surface area contributed by atoms with Crippen LogP contribution in [0.3, 0.4) is 0 Å². The fourth-order valence-electron chi connectivity index (χ4n) is 1.82. The molecule has 0 atom stereocenters. The summed E-state index contributed by atoms with van der Waals surface area (Å²) in [6.45, 7) is 4.30. The van der Waals surface area contributed by atoms with E-state index >= 15 is 0 Å². The third kappa shape index (κ3) is 2.24. The number of rotatable bonds is 3. The van der Waals surface area contributed by atoms with Crippen LogP contribution < -0.4 is 5.32 Å². The zero-order valence-electron chi connectivity index (χ0n) is 10.6. The van der Waals surface area contributed by atoms with Gasteiger partial charge in [0.25, 0.3) is 5.91 Å². The van der Waals surface area contributed by atoms with Gasteiger partial charge in [0.1, 0.15) is 10.7 Å². The van der Waals surface area contributed by atoms with Gasteiger partial charge < -0.3 is 10.3 Å². The van der Waals surface area contributed by atoms with E-state index < -0.39 is 0 Å². The first kappa shape index (κ1) is 11.9. The monoisotopic (exact) mass is 275 g/mol. The van der Waals surface area contributed by atoms with Crippen molar-refractivity contribution in [2.75, 3.05) is 0 Å². The fraction of sp³-hybridized carbons (Fsp3) is 0.250. The van der Waals surface area contributed by atoms with E-state index in [1.165, 1.54) is 11.3 Å². The largest absolute Gasteiger partial charge is 0.344 e. The van der Waals surface area contributed by atoms with Gasteiger partial charge in [-0.15, -0.1) is 11.3 Å². The van der Waals surface area contributed by atoms with Crippen LogP contribution in [0.1, 0.15) is 26.9 Å². The Balaban J connectivity index is 1.69. The van der Waals surface area contributed by atoms with Gasteiger partial charge in [0.15, 0.2) is 0 Å². The Morgan fingerprint density at radius 1 is 1.47 bits per heavy atom. The van der Waals surface area contributed by atoms with E-state index in [4.69, 9.17) is 0 Å². The van der Waals surface area contributed by atoms with E-state index in [2.05, 4.69) is 25.5 Å². The van der Waals surface area contributed by atoms with Crippen LogP contribution in [0, 0.1) is 13.8 Å². The first-order chi connectivity index (χ1) is 9.13. The Hall–Kier alpha value is -2.15. The summed E-state index contributed by atoms with van der Waals surface area (Å²) in [6, 6.07) is 1.83. The van der Waals surface area contributed by atoms with Crippen molar-refractivity contribution in [3.05, 3.63) is 34.4 Å². The van der Waals surface area contributed by atoms with Crippen LogP contribution in [0.4, 0.5) is 0 Å². The molecule has 1 amide bonds. The summed E-state index contributed by atoms with van der Waals surface area (Å²) in [5.41, 5.74) is 1.99. The van der Waals surface area contributed by atoms with E-state index in [0.29, 0.717) is 11.4 Å². The Morgan fingerprint density at radius 2 is 2.32 bits per heavy atom. The molecular formula is C12H13N5OS. The lowest BCUT2D eigenvalue weighted by molar-refractivity contribution is 0.0954. The van der Waals surface area contributed by atoms with Crippen LogP contribution in [0.25, 0.3) is 10.2 Å². The molecule has 3 aromatic rings. The number of nitrogens with zero attached hydrogens (tertiary/aromatic N) is 2. The third-order valence-corrected chi connectivity index (χ3v) is 4.00. The molecule has 0 aliphatic rings. The second-order valence-corrected chi connectivity index (χ2v) is 5.39. The van der Waals surface area contributed by atoms with Crippen LogP contribution in [0.2, 0.25) is 0 Å². The SMILES string of the molecule is Cc1nc(CNC(=O)c2cc3cn[nH]c3s2)[nH]c1C. The molecule has 7 heteroatoms. The topological polar surface area (TPSA) is 86.5 Å². The number of aryl methyl sites for hydroxylation is 2. The maximum Gasteiger partial charge on any atom is 0.261 e. The molecule has 0 aliphatic heterocycles. The first-order valence-electron chi connectivity index (χ1n) is 5.86. The van der Waals surface area contributed by atoms with E-state index in [0.717, 1.165) is 27.4 Å². The van der Waals surface area contributed by atoms with Gasteiger partial charge in [0, 0.05) is 11.1 Å². The number of imidazole rings is 1. The summed E-state index contributed by atoms with van der Waals surface area (Å²) in [4.78, 5) is 21.0. The number of carbonyl (C=O) groups is 1. The highest BCUT2D eigenvalue weighted by atomic mass is 32.1. The summed E-state index contributed by atoms with van der Waals surface area (Å²) in [6.07, 6.45) is 1.71. The zero-order chi connectivity index (χ0) is 13.4. The van der Waals surface area contributed by atoms with Crippen molar-refractivity contribution in [3.63, 3.8) is 0 Å². The average Bonchev–Trinajstić information content (AvgIpc) is 3.02. The Kier molecular flexibility index (Phi) is 2.83. The number of hydrogen-bond acceptors (Lipinski definition) is 4. The van der Waals surface area contributed by atoms with Crippen molar-refractivity contribution < 1.29 is 4.79 Å². The first-order valence-corrected chi connectivity index (χ1v) is 6.68. The van der Waals surface area contributed by atoms with Crippen LogP contribution in [0.15, 0.2) is 12.3 Å². The van der Waals surface area contributed by atoms with Crippen LogP contribution in [0.5, 0.6) is 0 Å². The molecular weight excluding hydrogens is 262 g/mol. The van der Waals surface area contributed by atoms with Gasteiger partial charge in [0.05, 0.1) is 23.3 Å². The minimum Gasteiger partial charge on any atom is -0.344 e. The van der Waals surface area contributed by atoms with Crippen LogP contribution >= 0.6 is 11.3 Å². The number of nitrogens with one attached hydrogen (secondary N) is 3. The normalized spacial score (nSPS) is 11.1. The minimum atomic E-state index is -0.0960. The molecule has 0 unspecified atom stereocenters. The molecule has 0 aromatic carbocycles. The zero-order valence-corrected chi connectivity index (χ0v) is 11.4. The maximum atomic E-state index is 12.0. The number of hydrogen-bond donors (Lipinski definition) is 3. The van der Waals surface area contributed by atoms with Crippen LogP contribution in [-0.4, -0.2) is 26.1 Å². The molecule has 19 heavy (non-hydrogen) atoms. The number of H-pyrrole nitrogens is 2. The van der Waals surface area contributed by atoms with Crippen molar-refractivity contribution in [2.24, 2.45) is 0 Å². The quantitative estimate of drug-likeness (QED) is 0.682. The van der Waals surface area contributed by atoms with E-state index in [1.54, 1.807) is 6.20 Å². The number of amides is 1. The summed E-state index contributed by atoms with van der Waals surface area (Å²) >= 11 is 1.39. The Labute approximate surface area is 113 Å². The number of fused-ring (bicyclic) bond motifs is 1. The molecule has 0 aliphatic carbocycles. The summed E-state index contributed by atoms with van der Waals surface area (Å²) in [7, 11) is 0. The minimum absolute atomic E-state index is 0.0960. The Morgan fingerprint density at radius 3 is 3.00 bits per heavy atom. The van der Waals surface area contributed by atoms with Gasteiger partial charge in [-0.3, -0.25) is 9.89 Å². The second-order valence-electron chi connectivity index (χ2n) is 4.34. The van der Waals surface area contributed by atoms with E-state index in [1.807, 2.05) is 19.9 Å². The summed E-state index contributed by atoms with van der Waals surface area (Å²) in [5, 5.41) is 10.6. The maximum absolute atomic E-state index is 12.0. The number of carbonyl (C=O) groups excluding carboxylic acids is 1. The predicted molar refractivity (Wildman–Crippen MR) is 73.2 cm³/mol. The molecule has 0 saturated heterocycles. The average molecular weight is 275 g/mol. The van der Waals surface area contributed by atoms with Gasteiger partial charge in [-0.2, -0.15) is 5.10 Å². The summed E-state index contributed by atoms with van der Waals surface area (Å²) < 4.78 is 0. The molecule has 0 saturated carbocycles. The molecule has 0 bridgehead atoms. The molecule has 6 nitrogen and oxygen atoms in total. The molecule has 0 radical (unpaired) electrons. The number of aromatic nitrogens is 4. The van der Waals surface area contributed by atoms with E-state index in [-0.39, 0.29) is 5.91 Å². The van der Waals surface area contributed by atoms with E-state index in [9.17, 15) is 4.79 Å². The highest BCUT2D eigenvalue weighted by molar-refractivity contribution is 7.20. The number of thiophene rings is 1. The van der Waals surface area contributed by atoms with Crippen molar-refractivity contribution in [2.45, 2.75) is 20.4 Å². The number of aromatic amines is 2. The van der Waals surface area contributed by atoms with Crippen LogP contribution in [-0.2, 0) is 6.54 Å². The second kappa shape index (κ2) is 4.51. The van der Waals surface area contributed by atoms with Crippen molar-refractivity contribution in [3.8, 4) is 0 Å². The third-order valence-electron chi connectivity index (χ3n) is 2.95. The predicted octanol–water partition coefficient (Wildman–Crippen LogP) is 1.89. The molecule has 98 valence electrons. The lowest BCUT2D eigenvalue weighted by Gasteiger charge is -2.00. The molecule has 3 N–H and O–H groups in total. The van der Waals surface area contributed by atoms with Gasteiger partial charge in [-0.25, -0.2) is 4.98 Å². The molecule has 0 spiro atoms. The lowest BCUT2D eigenvalue weighted by atomic mass is 10.3. The molecule has 3 rings (SSSR count). The van der Waals surface area contributed by atoms with Crippen molar-refractivity contribution in [1.29, 1.82) is 0 Å². The van der Waals surface area contributed by atoms with Gasteiger partial charge >= 0.3 is 0 Å². The standard InChI is InChI=1S/C12H13N5OS/c1-6-7(2)16-10(15-6)5-13-11(18)9-3-8-4-14-17-12(8)19-9/h3-4H,5H2,1-2H3,(H,13,18)(H,14,17)(H,15,16). The highest BCUT2D eigenvalue weighted by Gasteiger charge is 2.11.